The molecule has 2 N–H and O–H groups in total. The number of likely N-dealkylation sites (N-methyl/N-ethyl adjacent to an activating group) is 1. The summed E-state index contributed by atoms with van der Waals surface area (Å²) in [4.78, 5) is 25.9. The van der Waals surface area contributed by atoms with E-state index in [0.29, 0.717) is 12.1 Å². The highest BCUT2D eigenvalue weighted by atomic mass is 16.3. The zero-order valence-corrected chi connectivity index (χ0v) is 13.0. The van der Waals surface area contributed by atoms with Crippen LogP contribution in [-0.4, -0.2) is 52.8 Å². The lowest BCUT2D eigenvalue weighted by Gasteiger charge is -2.18. The Kier molecular flexibility index (Phi) is 7.11. The molecule has 1 aromatic rings. The summed E-state index contributed by atoms with van der Waals surface area (Å²) in [6.07, 6.45) is 0.852. The van der Waals surface area contributed by atoms with Crippen LogP contribution in [0.15, 0.2) is 23.1 Å². The molecule has 118 valence electrons. The second-order valence-corrected chi connectivity index (χ2v) is 5.04. The Morgan fingerprint density at radius 2 is 2.05 bits per heavy atom. The predicted molar refractivity (Wildman–Crippen MR) is 82.5 cm³/mol. The fourth-order valence-electron chi connectivity index (χ4n) is 2.06. The first kappa shape index (κ1) is 17.4. The van der Waals surface area contributed by atoms with Crippen molar-refractivity contribution in [3.63, 3.8) is 0 Å². The Hall–Kier alpha value is -1.66. The van der Waals surface area contributed by atoms with Crippen molar-refractivity contribution in [2.45, 2.75) is 33.4 Å². The van der Waals surface area contributed by atoms with Crippen LogP contribution in [0.3, 0.4) is 0 Å². The van der Waals surface area contributed by atoms with Gasteiger partial charge < -0.3 is 19.9 Å². The Morgan fingerprint density at radius 3 is 2.62 bits per heavy atom. The fraction of sp³-hybridized carbons (Fsp3) is 0.600. The molecule has 6 nitrogen and oxygen atoms in total. The molecule has 0 radical (unpaired) electrons. The minimum Gasteiger partial charge on any atom is -0.392 e. The maximum atomic E-state index is 12.0. The number of carbonyl (C=O) groups excluding carboxylic acids is 1. The normalized spacial score (nSPS) is 12.4. The lowest BCUT2D eigenvalue weighted by molar-refractivity contribution is 0.0947. The van der Waals surface area contributed by atoms with E-state index in [4.69, 9.17) is 0 Å². The molecular weight excluding hydrogens is 270 g/mol. The lowest BCUT2D eigenvalue weighted by atomic mass is 10.2. The molecule has 1 rings (SSSR count). The molecule has 1 atom stereocenters. The van der Waals surface area contributed by atoms with Crippen LogP contribution >= 0.6 is 0 Å². The molecule has 0 aliphatic carbocycles. The average molecular weight is 295 g/mol. The zero-order valence-electron chi connectivity index (χ0n) is 13.0. The highest BCUT2D eigenvalue weighted by molar-refractivity contribution is 5.93. The molecular formula is C15H25N3O3. The molecule has 0 aliphatic rings. The van der Waals surface area contributed by atoms with Crippen molar-refractivity contribution < 1.29 is 9.90 Å². The summed E-state index contributed by atoms with van der Waals surface area (Å²) in [5, 5.41) is 12.2. The minimum absolute atomic E-state index is 0.180. The van der Waals surface area contributed by atoms with Gasteiger partial charge >= 0.3 is 0 Å². The number of hydrogen-bond acceptors (Lipinski definition) is 4. The Balaban J connectivity index is 2.64. The first-order valence-electron chi connectivity index (χ1n) is 7.37. The van der Waals surface area contributed by atoms with Crippen LogP contribution in [0.5, 0.6) is 0 Å². The van der Waals surface area contributed by atoms with E-state index in [1.165, 1.54) is 22.9 Å². The van der Waals surface area contributed by atoms with Gasteiger partial charge in [0.15, 0.2) is 0 Å². The Morgan fingerprint density at radius 1 is 1.38 bits per heavy atom. The number of aliphatic hydroxyl groups excluding tert-OH is 1. The van der Waals surface area contributed by atoms with E-state index in [1.807, 2.05) is 0 Å². The quantitative estimate of drug-likeness (QED) is 0.723. The van der Waals surface area contributed by atoms with Gasteiger partial charge in [0.1, 0.15) is 0 Å². The van der Waals surface area contributed by atoms with E-state index in [2.05, 4.69) is 24.1 Å². The zero-order chi connectivity index (χ0) is 15.8. The number of pyridine rings is 1. The van der Waals surface area contributed by atoms with Crippen molar-refractivity contribution >= 4 is 5.91 Å². The summed E-state index contributed by atoms with van der Waals surface area (Å²) in [7, 11) is 0. The van der Waals surface area contributed by atoms with Crippen LogP contribution in [0.4, 0.5) is 0 Å². The van der Waals surface area contributed by atoms with E-state index in [1.54, 1.807) is 6.92 Å². The topological polar surface area (TPSA) is 74.6 Å². The lowest BCUT2D eigenvalue weighted by Crippen LogP contribution is -2.35. The molecule has 0 saturated carbocycles. The third-order valence-corrected chi connectivity index (χ3v) is 3.31. The van der Waals surface area contributed by atoms with Crippen LogP contribution in [0.2, 0.25) is 0 Å². The molecule has 1 unspecified atom stereocenters. The highest BCUT2D eigenvalue weighted by Crippen LogP contribution is 1.97. The van der Waals surface area contributed by atoms with Crippen molar-refractivity contribution in [2.75, 3.05) is 26.2 Å². The van der Waals surface area contributed by atoms with Crippen molar-refractivity contribution in [2.24, 2.45) is 0 Å². The molecule has 1 amide bonds. The van der Waals surface area contributed by atoms with E-state index >= 15 is 0 Å². The number of aromatic nitrogens is 1. The van der Waals surface area contributed by atoms with Crippen LogP contribution in [-0.2, 0) is 6.54 Å². The SMILES string of the molecule is CCN(CC)CCNC(=O)c1ccc(=O)n(CC(C)O)c1. The van der Waals surface area contributed by atoms with Crippen LogP contribution in [0.1, 0.15) is 31.1 Å². The van der Waals surface area contributed by atoms with Gasteiger partial charge in [0, 0.05) is 25.4 Å². The van der Waals surface area contributed by atoms with Gasteiger partial charge in [-0.25, -0.2) is 0 Å². The Labute approximate surface area is 125 Å². The number of nitrogens with one attached hydrogen (secondary N) is 1. The maximum absolute atomic E-state index is 12.0. The average Bonchev–Trinajstić information content (AvgIpc) is 2.45. The summed E-state index contributed by atoms with van der Waals surface area (Å²) in [5.41, 5.74) is 0.199. The highest BCUT2D eigenvalue weighted by Gasteiger charge is 2.09. The van der Waals surface area contributed by atoms with Gasteiger partial charge in [0.05, 0.1) is 18.2 Å². The monoisotopic (exact) mass is 295 g/mol. The summed E-state index contributed by atoms with van der Waals surface area (Å²) in [6, 6.07) is 2.86. The van der Waals surface area contributed by atoms with Gasteiger partial charge in [0.25, 0.3) is 11.5 Å². The molecule has 1 heterocycles. The smallest absolute Gasteiger partial charge is 0.252 e. The van der Waals surface area contributed by atoms with Crippen LogP contribution < -0.4 is 10.9 Å². The van der Waals surface area contributed by atoms with E-state index < -0.39 is 6.10 Å². The van der Waals surface area contributed by atoms with E-state index in [9.17, 15) is 14.7 Å². The molecule has 0 fully saturated rings. The Bertz CT molecular complexity index is 507. The summed E-state index contributed by atoms with van der Waals surface area (Å²) >= 11 is 0. The molecule has 6 heteroatoms. The third-order valence-electron chi connectivity index (χ3n) is 3.31. The second-order valence-electron chi connectivity index (χ2n) is 5.04. The number of rotatable bonds is 8. The number of nitrogens with zero attached hydrogens (tertiary/aromatic N) is 2. The van der Waals surface area contributed by atoms with Crippen LogP contribution in [0, 0.1) is 0 Å². The van der Waals surface area contributed by atoms with Gasteiger partial charge in [-0.1, -0.05) is 13.8 Å². The second kappa shape index (κ2) is 8.59. The number of carbonyl (C=O) groups is 1. The van der Waals surface area contributed by atoms with Crippen molar-refractivity contribution in [1.82, 2.24) is 14.8 Å². The molecule has 21 heavy (non-hydrogen) atoms. The number of amides is 1. The van der Waals surface area contributed by atoms with Gasteiger partial charge in [0.2, 0.25) is 0 Å². The summed E-state index contributed by atoms with van der Waals surface area (Å²) in [6.45, 7) is 9.20. The maximum Gasteiger partial charge on any atom is 0.252 e. The predicted octanol–water partition coefficient (Wildman–Crippen LogP) is 0.301. The molecule has 0 spiro atoms. The number of aliphatic hydroxyl groups is 1. The number of hydrogen-bond donors (Lipinski definition) is 2. The van der Waals surface area contributed by atoms with Gasteiger partial charge in [-0.2, -0.15) is 0 Å². The minimum atomic E-state index is -0.635. The molecule has 0 aromatic carbocycles. The van der Waals surface area contributed by atoms with E-state index in [0.717, 1.165) is 19.6 Å². The van der Waals surface area contributed by atoms with Gasteiger partial charge in [-0.05, 0) is 26.1 Å². The van der Waals surface area contributed by atoms with Gasteiger partial charge in [-0.15, -0.1) is 0 Å². The first-order chi connectivity index (χ1) is 9.97. The van der Waals surface area contributed by atoms with Crippen molar-refractivity contribution in [3.8, 4) is 0 Å². The van der Waals surface area contributed by atoms with Crippen molar-refractivity contribution in [1.29, 1.82) is 0 Å². The molecule has 0 bridgehead atoms. The van der Waals surface area contributed by atoms with Crippen LogP contribution in [0.25, 0.3) is 0 Å². The summed E-state index contributed by atoms with van der Waals surface area (Å²) < 4.78 is 1.35. The fourth-order valence-corrected chi connectivity index (χ4v) is 2.06. The summed E-state index contributed by atoms with van der Waals surface area (Å²) in [5.74, 6) is -0.207. The third kappa shape index (κ3) is 5.69. The standard InChI is InChI=1S/C15H25N3O3/c1-4-17(5-2)9-8-16-15(21)13-6-7-14(20)18(11-13)10-12(3)19/h6-7,11-12,19H,4-5,8-10H2,1-3H3,(H,16,21). The van der Waals surface area contributed by atoms with Gasteiger partial charge in [-0.3, -0.25) is 9.59 Å². The first-order valence-corrected chi connectivity index (χ1v) is 7.37. The molecule has 1 aromatic heterocycles. The van der Waals surface area contributed by atoms with E-state index in [-0.39, 0.29) is 18.0 Å². The molecule has 0 saturated heterocycles. The molecule has 0 aliphatic heterocycles. The van der Waals surface area contributed by atoms with Crippen molar-refractivity contribution in [3.05, 3.63) is 34.2 Å². The largest absolute Gasteiger partial charge is 0.392 e.